The second-order valence-electron chi connectivity index (χ2n) is 6.91. The highest BCUT2D eigenvalue weighted by molar-refractivity contribution is 6.39. The largest absolute Gasteiger partial charge is 0.368 e. The van der Waals surface area contributed by atoms with Gasteiger partial charge in [0.2, 0.25) is 0 Å². The minimum atomic E-state index is -0.611. The van der Waals surface area contributed by atoms with Crippen molar-refractivity contribution >= 4 is 34.8 Å². The van der Waals surface area contributed by atoms with Crippen LogP contribution in [-0.2, 0) is 9.59 Å². The van der Waals surface area contributed by atoms with Crippen molar-refractivity contribution in [3.63, 3.8) is 0 Å². The van der Waals surface area contributed by atoms with Crippen molar-refractivity contribution in [3.05, 3.63) is 58.1 Å². The molecule has 1 heterocycles. The van der Waals surface area contributed by atoms with Crippen molar-refractivity contribution in [1.29, 1.82) is 0 Å². The predicted molar refractivity (Wildman–Crippen MR) is 110 cm³/mol. The molecule has 2 aromatic rings. The van der Waals surface area contributed by atoms with Gasteiger partial charge in [0.25, 0.3) is 0 Å². The van der Waals surface area contributed by atoms with Gasteiger partial charge in [-0.15, -0.1) is 0 Å². The van der Waals surface area contributed by atoms with Gasteiger partial charge in [0.05, 0.1) is 0 Å². The maximum absolute atomic E-state index is 12.5. The molecule has 2 aromatic carbocycles. The first-order valence-electron chi connectivity index (χ1n) is 9.04. The van der Waals surface area contributed by atoms with Crippen LogP contribution in [0, 0.1) is 20.8 Å². The molecule has 0 radical (unpaired) electrons. The third kappa shape index (κ3) is 4.25. The first kappa shape index (κ1) is 19.2. The number of benzene rings is 2. The van der Waals surface area contributed by atoms with E-state index in [9.17, 15) is 9.59 Å². The molecule has 1 N–H and O–H groups in total. The molecule has 1 saturated heterocycles. The Morgan fingerprint density at radius 2 is 1.67 bits per heavy atom. The Morgan fingerprint density at radius 1 is 0.963 bits per heavy atom. The summed E-state index contributed by atoms with van der Waals surface area (Å²) in [5.74, 6) is -1.11. The van der Waals surface area contributed by atoms with E-state index in [-0.39, 0.29) is 0 Å². The molecule has 142 valence electrons. The Hall–Kier alpha value is -2.53. The summed E-state index contributed by atoms with van der Waals surface area (Å²) in [6.45, 7) is 8.53. The van der Waals surface area contributed by atoms with E-state index in [4.69, 9.17) is 11.6 Å². The number of hydrogen-bond donors (Lipinski definition) is 1. The van der Waals surface area contributed by atoms with E-state index in [0.717, 1.165) is 5.56 Å². The fraction of sp³-hybridized carbons (Fsp3) is 0.333. The van der Waals surface area contributed by atoms with Crippen LogP contribution in [0.4, 0.5) is 11.4 Å². The quantitative estimate of drug-likeness (QED) is 0.804. The number of aryl methyl sites for hydroxylation is 2. The summed E-state index contributed by atoms with van der Waals surface area (Å²) in [5, 5.41) is 3.29. The Bertz CT molecular complexity index is 874. The van der Waals surface area contributed by atoms with Crippen molar-refractivity contribution in [1.82, 2.24) is 4.90 Å². The van der Waals surface area contributed by atoms with Crippen LogP contribution in [0.2, 0.25) is 5.02 Å². The SMILES string of the molecule is Cc1cc(Cl)ccc1NC(=O)C(=O)N1CCN(c2cccc(C)c2C)CC1. The molecule has 0 spiro atoms. The smallest absolute Gasteiger partial charge is 0.313 e. The zero-order valence-electron chi connectivity index (χ0n) is 15.9. The fourth-order valence-electron chi connectivity index (χ4n) is 3.32. The van der Waals surface area contributed by atoms with E-state index in [1.165, 1.54) is 16.8 Å². The van der Waals surface area contributed by atoms with E-state index in [0.29, 0.717) is 36.9 Å². The molecule has 3 rings (SSSR count). The lowest BCUT2D eigenvalue weighted by molar-refractivity contribution is -0.143. The molecule has 0 saturated carbocycles. The molecular formula is C21H24ClN3O2. The Morgan fingerprint density at radius 3 is 2.33 bits per heavy atom. The second kappa shape index (κ2) is 8.01. The van der Waals surface area contributed by atoms with Crippen molar-refractivity contribution in [2.75, 3.05) is 36.4 Å². The third-order valence-electron chi connectivity index (χ3n) is 5.11. The van der Waals surface area contributed by atoms with Gasteiger partial charge in [-0.3, -0.25) is 9.59 Å². The van der Waals surface area contributed by atoms with E-state index < -0.39 is 11.8 Å². The van der Waals surface area contributed by atoms with E-state index in [2.05, 4.69) is 42.3 Å². The maximum atomic E-state index is 12.5. The monoisotopic (exact) mass is 385 g/mol. The van der Waals surface area contributed by atoms with Gasteiger partial charge >= 0.3 is 11.8 Å². The zero-order valence-corrected chi connectivity index (χ0v) is 16.6. The summed E-state index contributed by atoms with van der Waals surface area (Å²) in [6.07, 6.45) is 0. The van der Waals surface area contributed by atoms with Gasteiger partial charge < -0.3 is 15.1 Å². The van der Waals surface area contributed by atoms with Crippen molar-refractivity contribution < 1.29 is 9.59 Å². The van der Waals surface area contributed by atoms with Crippen molar-refractivity contribution in [2.45, 2.75) is 20.8 Å². The van der Waals surface area contributed by atoms with Crippen LogP contribution in [0.1, 0.15) is 16.7 Å². The topological polar surface area (TPSA) is 52.7 Å². The number of carbonyl (C=O) groups excluding carboxylic acids is 2. The second-order valence-corrected chi connectivity index (χ2v) is 7.35. The molecule has 27 heavy (non-hydrogen) atoms. The van der Waals surface area contributed by atoms with E-state index in [1.54, 1.807) is 23.1 Å². The van der Waals surface area contributed by atoms with Gasteiger partial charge in [-0.25, -0.2) is 0 Å². The van der Waals surface area contributed by atoms with Crippen molar-refractivity contribution in [2.24, 2.45) is 0 Å². The number of carbonyl (C=O) groups is 2. The summed E-state index contributed by atoms with van der Waals surface area (Å²) in [5.41, 5.74) is 5.13. The number of nitrogens with one attached hydrogen (secondary N) is 1. The van der Waals surface area contributed by atoms with E-state index in [1.807, 2.05) is 6.92 Å². The lowest BCUT2D eigenvalue weighted by Gasteiger charge is -2.36. The summed E-state index contributed by atoms with van der Waals surface area (Å²) >= 11 is 5.93. The van der Waals surface area contributed by atoms with Gasteiger partial charge in [-0.05, 0) is 61.7 Å². The summed E-state index contributed by atoms with van der Waals surface area (Å²) in [6, 6.07) is 11.4. The number of piperazine rings is 1. The Balaban J connectivity index is 1.61. The van der Waals surface area contributed by atoms with Crippen LogP contribution < -0.4 is 10.2 Å². The minimum absolute atomic E-state index is 0.495. The molecule has 1 fully saturated rings. The molecule has 2 amide bonds. The van der Waals surface area contributed by atoms with Crippen LogP contribution >= 0.6 is 11.6 Å². The molecule has 1 aliphatic rings. The lowest BCUT2D eigenvalue weighted by Crippen LogP contribution is -2.51. The molecule has 6 heteroatoms. The van der Waals surface area contributed by atoms with Gasteiger partial charge in [-0.1, -0.05) is 23.7 Å². The van der Waals surface area contributed by atoms with Crippen LogP contribution in [0.5, 0.6) is 0 Å². The molecule has 0 unspecified atom stereocenters. The zero-order chi connectivity index (χ0) is 19.6. The number of nitrogens with zero attached hydrogens (tertiary/aromatic N) is 2. The average Bonchev–Trinajstić information content (AvgIpc) is 2.66. The maximum Gasteiger partial charge on any atom is 0.313 e. The molecule has 0 aliphatic carbocycles. The third-order valence-corrected chi connectivity index (χ3v) is 5.35. The normalized spacial score (nSPS) is 14.2. The van der Waals surface area contributed by atoms with Crippen LogP contribution in [0.15, 0.2) is 36.4 Å². The predicted octanol–water partition coefficient (Wildman–Crippen LogP) is 3.55. The first-order valence-corrected chi connectivity index (χ1v) is 9.42. The molecule has 0 aromatic heterocycles. The number of amides is 2. The highest BCUT2D eigenvalue weighted by Crippen LogP contribution is 2.24. The molecule has 1 aliphatic heterocycles. The Labute approximate surface area is 164 Å². The standard InChI is InChI=1S/C21H24ClN3O2/c1-14-5-4-6-19(16(14)3)24-9-11-25(12-10-24)21(27)20(26)23-18-8-7-17(22)13-15(18)2/h4-8,13H,9-12H2,1-3H3,(H,23,26). The number of hydrogen-bond acceptors (Lipinski definition) is 3. The van der Waals surface area contributed by atoms with Crippen LogP contribution in [0.3, 0.4) is 0 Å². The van der Waals surface area contributed by atoms with Crippen molar-refractivity contribution in [3.8, 4) is 0 Å². The molecule has 0 bridgehead atoms. The summed E-state index contributed by atoms with van der Waals surface area (Å²) in [4.78, 5) is 28.7. The summed E-state index contributed by atoms with van der Waals surface area (Å²) in [7, 11) is 0. The first-order chi connectivity index (χ1) is 12.9. The molecular weight excluding hydrogens is 362 g/mol. The molecule has 5 nitrogen and oxygen atoms in total. The highest BCUT2D eigenvalue weighted by atomic mass is 35.5. The average molecular weight is 386 g/mol. The number of halogens is 1. The number of anilines is 2. The molecule has 0 atom stereocenters. The van der Waals surface area contributed by atoms with Crippen LogP contribution in [0.25, 0.3) is 0 Å². The number of rotatable bonds is 2. The summed E-state index contributed by atoms with van der Waals surface area (Å²) < 4.78 is 0. The lowest BCUT2D eigenvalue weighted by atomic mass is 10.1. The van der Waals surface area contributed by atoms with Crippen LogP contribution in [-0.4, -0.2) is 42.9 Å². The van der Waals surface area contributed by atoms with E-state index >= 15 is 0 Å². The van der Waals surface area contributed by atoms with Gasteiger partial charge in [0.1, 0.15) is 0 Å². The Kier molecular flexibility index (Phi) is 5.71. The highest BCUT2D eigenvalue weighted by Gasteiger charge is 2.27. The van der Waals surface area contributed by atoms with Gasteiger partial charge in [-0.2, -0.15) is 0 Å². The minimum Gasteiger partial charge on any atom is -0.368 e. The fourth-order valence-corrected chi connectivity index (χ4v) is 3.54. The van der Waals surface area contributed by atoms with Gasteiger partial charge in [0, 0.05) is 42.6 Å². The van der Waals surface area contributed by atoms with Gasteiger partial charge in [0.15, 0.2) is 0 Å².